The third-order valence-corrected chi connectivity index (χ3v) is 6.34. The molecule has 0 saturated heterocycles. The quantitative estimate of drug-likeness (QED) is 0.146. The zero-order chi connectivity index (χ0) is 17.0. The fourth-order valence-corrected chi connectivity index (χ4v) is 4.69. The summed E-state index contributed by atoms with van der Waals surface area (Å²) < 4.78 is 0. The van der Waals surface area contributed by atoms with Gasteiger partial charge >= 0.3 is 0 Å². The summed E-state index contributed by atoms with van der Waals surface area (Å²) in [5, 5.41) is 0. The fraction of sp³-hybridized carbons (Fsp3) is 0.810. The van der Waals surface area contributed by atoms with Crippen LogP contribution in [0.5, 0.6) is 0 Å². The smallest absolute Gasteiger partial charge is 0.00393 e. The van der Waals surface area contributed by atoms with Gasteiger partial charge in [-0.05, 0) is 44.4 Å². The van der Waals surface area contributed by atoms with Gasteiger partial charge in [0.1, 0.15) is 0 Å². The molecule has 0 bridgehead atoms. The summed E-state index contributed by atoms with van der Waals surface area (Å²) in [5.41, 5.74) is 0. The van der Waals surface area contributed by atoms with E-state index >= 15 is 0 Å². The van der Waals surface area contributed by atoms with E-state index in [0.717, 1.165) is 5.92 Å². The van der Waals surface area contributed by atoms with Crippen LogP contribution in [0.3, 0.4) is 0 Å². The van der Waals surface area contributed by atoms with Gasteiger partial charge in [-0.2, -0.15) is 0 Å². The molecule has 2 heteroatoms. The average Bonchev–Trinajstić information content (AvgIpc) is 2.53. The van der Waals surface area contributed by atoms with Gasteiger partial charge in [0.05, 0.1) is 0 Å². The highest BCUT2D eigenvalue weighted by atomic mass is 33.1. The van der Waals surface area contributed by atoms with E-state index in [-0.39, 0.29) is 0 Å². The minimum absolute atomic E-state index is 0.855. The lowest BCUT2D eigenvalue weighted by Crippen LogP contribution is -1.88. The first-order valence-electron chi connectivity index (χ1n) is 9.83. The van der Waals surface area contributed by atoms with E-state index in [0.29, 0.717) is 0 Å². The van der Waals surface area contributed by atoms with Crippen LogP contribution < -0.4 is 0 Å². The van der Waals surface area contributed by atoms with Crippen molar-refractivity contribution in [2.24, 2.45) is 5.92 Å². The first-order valence-corrected chi connectivity index (χ1v) is 12.3. The van der Waals surface area contributed by atoms with Crippen LogP contribution in [0, 0.1) is 5.92 Å². The third-order valence-electron chi connectivity index (χ3n) is 3.82. The highest BCUT2D eigenvalue weighted by molar-refractivity contribution is 8.76. The van der Waals surface area contributed by atoms with E-state index < -0.39 is 0 Å². The van der Waals surface area contributed by atoms with Crippen LogP contribution in [0.15, 0.2) is 24.3 Å². The first kappa shape index (κ1) is 23.2. The molecule has 0 aliphatic carbocycles. The highest BCUT2D eigenvalue weighted by Crippen LogP contribution is 2.25. The topological polar surface area (TPSA) is 0 Å². The molecular formula is C21H40S2. The molecule has 0 amide bonds. The van der Waals surface area contributed by atoms with Crippen LogP contribution in [0.25, 0.3) is 0 Å². The van der Waals surface area contributed by atoms with E-state index in [4.69, 9.17) is 0 Å². The van der Waals surface area contributed by atoms with Crippen molar-refractivity contribution < 1.29 is 0 Å². The van der Waals surface area contributed by atoms with Crippen molar-refractivity contribution in [1.29, 1.82) is 0 Å². The monoisotopic (exact) mass is 356 g/mol. The number of hydrogen-bond donors (Lipinski definition) is 0. The van der Waals surface area contributed by atoms with Crippen LogP contribution in [0.4, 0.5) is 0 Å². The van der Waals surface area contributed by atoms with Gasteiger partial charge in [0.15, 0.2) is 0 Å². The summed E-state index contributed by atoms with van der Waals surface area (Å²) in [4.78, 5) is 0. The van der Waals surface area contributed by atoms with Crippen LogP contribution >= 0.6 is 21.6 Å². The minimum Gasteiger partial charge on any atom is -0.0942 e. The van der Waals surface area contributed by atoms with E-state index in [2.05, 4.69) is 66.7 Å². The van der Waals surface area contributed by atoms with Crippen molar-refractivity contribution in [3.63, 3.8) is 0 Å². The lowest BCUT2D eigenvalue weighted by atomic mass is 10.1. The molecule has 0 rings (SSSR count). The predicted molar refractivity (Wildman–Crippen MR) is 114 cm³/mol. The second kappa shape index (κ2) is 20.2. The molecule has 0 atom stereocenters. The summed E-state index contributed by atoms with van der Waals surface area (Å²) in [6.07, 6.45) is 24.0. The highest BCUT2D eigenvalue weighted by Gasteiger charge is 1.95. The molecule has 0 fully saturated rings. The Morgan fingerprint density at radius 1 is 0.696 bits per heavy atom. The molecule has 0 aromatic carbocycles. The standard InChI is InChI=1S/C21H40S2/c1-4-5-6-7-8-9-10-11-12-13-14-15-16-17-19-22-23-20-18-21(2)3/h8-11,21H,4-7,12-20H2,1-3H3/b9-8+,11-10+. The summed E-state index contributed by atoms with van der Waals surface area (Å²) in [6, 6.07) is 0. The molecule has 0 nitrogen and oxygen atoms in total. The molecule has 23 heavy (non-hydrogen) atoms. The third kappa shape index (κ3) is 22.2. The lowest BCUT2D eigenvalue weighted by molar-refractivity contribution is 0.632. The summed E-state index contributed by atoms with van der Waals surface area (Å²) >= 11 is 0. The Labute approximate surface area is 154 Å². The maximum absolute atomic E-state index is 2.33. The molecule has 136 valence electrons. The Balaban J connectivity index is 3.12. The summed E-state index contributed by atoms with van der Waals surface area (Å²) in [7, 11) is 4.15. The van der Waals surface area contributed by atoms with Crippen LogP contribution in [0.2, 0.25) is 0 Å². The van der Waals surface area contributed by atoms with Crippen molar-refractivity contribution in [2.45, 2.75) is 91.4 Å². The Morgan fingerprint density at radius 2 is 1.26 bits per heavy atom. The molecule has 0 radical (unpaired) electrons. The maximum Gasteiger partial charge on any atom is 0.00393 e. The van der Waals surface area contributed by atoms with Crippen molar-refractivity contribution in [3.05, 3.63) is 24.3 Å². The van der Waals surface area contributed by atoms with Crippen LogP contribution in [0.1, 0.15) is 91.4 Å². The van der Waals surface area contributed by atoms with Gasteiger partial charge in [0.2, 0.25) is 0 Å². The zero-order valence-corrected chi connectivity index (χ0v) is 17.5. The van der Waals surface area contributed by atoms with Gasteiger partial charge in [0.25, 0.3) is 0 Å². The van der Waals surface area contributed by atoms with Gasteiger partial charge < -0.3 is 0 Å². The summed E-state index contributed by atoms with van der Waals surface area (Å²) in [5.74, 6) is 3.52. The zero-order valence-electron chi connectivity index (χ0n) is 15.9. The van der Waals surface area contributed by atoms with E-state index in [1.54, 1.807) is 0 Å². The molecule has 0 heterocycles. The van der Waals surface area contributed by atoms with E-state index in [9.17, 15) is 0 Å². The van der Waals surface area contributed by atoms with Gasteiger partial charge in [0, 0.05) is 11.5 Å². The van der Waals surface area contributed by atoms with E-state index in [1.807, 2.05) is 0 Å². The normalized spacial score (nSPS) is 12.2. The molecule has 0 N–H and O–H groups in total. The first-order chi connectivity index (χ1) is 11.3. The number of unbranched alkanes of at least 4 members (excludes halogenated alkanes) is 8. The van der Waals surface area contributed by atoms with Crippen molar-refractivity contribution >= 4 is 21.6 Å². The van der Waals surface area contributed by atoms with E-state index in [1.165, 1.54) is 82.1 Å². The van der Waals surface area contributed by atoms with Gasteiger partial charge in [-0.1, -0.05) is 98.8 Å². The predicted octanol–water partition coefficient (Wildman–Crippen LogP) is 8.45. The Hall–Kier alpha value is 0.180. The molecule has 0 aromatic rings. The second-order valence-electron chi connectivity index (χ2n) is 6.74. The van der Waals surface area contributed by atoms with Crippen molar-refractivity contribution in [1.82, 2.24) is 0 Å². The van der Waals surface area contributed by atoms with Gasteiger partial charge in [-0.15, -0.1) is 0 Å². The maximum atomic E-state index is 2.33. The largest absolute Gasteiger partial charge is 0.0942 e. The minimum atomic E-state index is 0.855. The summed E-state index contributed by atoms with van der Waals surface area (Å²) in [6.45, 7) is 6.88. The molecular weight excluding hydrogens is 316 g/mol. The molecule has 0 aromatic heterocycles. The average molecular weight is 357 g/mol. The Kier molecular flexibility index (Phi) is 20.4. The Bertz CT molecular complexity index is 269. The second-order valence-corrected chi connectivity index (χ2v) is 9.44. The van der Waals surface area contributed by atoms with Gasteiger partial charge in [-0.25, -0.2) is 0 Å². The molecule has 0 saturated carbocycles. The molecule has 0 aliphatic rings. The van der Waals surface area contributed by atoms with Crippen LogP contribution in [-0.2, 0) is 0 Å². The number of allylic oxidation sites excluding steroid dienone is 4. The molecule has 0 spiro atoms. The lowest BCUT2D eigenvalue weighted by Gasteiger charge is -2.04. The number of rotatable bonds is 17. The van der Waals surface area contributed by atoms with Crippen molar-refractivity contribution in [2.75, 3.05) is 11.5 Å². The van der Waals surface area contributed by atoms with Crippen LogP contribution in [-0.4, -0.2) is 11.5 Å². The molecule has 0 unspecified atom stereocenters. The van der Waals surface area contributed by atoms with Gasteiger partial charge in [-0.3, -0.25) is 0 Å². The van der Waals surface area contributed by atoms with Crippen molar-refractivity contribution in [3.8, 4) is 0 Å². The number of hydrogen-bond acceptors (Lipinski definition) is 2. The Morgan fingerprint density at radius 3 is 1.91 bits per heavy atom. The SMILES string of the molecule is CCCCC/C=C/C=C/CCCCCCCSSCCC(C)C. The fourth-order valence-electron chi connectivity index (χ4n) is 2.22. The molecule has 0 aliphatic heterocycles.